The molecular formula is C17H17BrO5. The highest BCUT2D eigenvalue weighted by Gasteiger charge is 2.19. The number of hydrogen-bond acceptors (Lipinski definition) is 5. The van der Waals surface area contributed by atoms with Crippen LogP contribution in [-0.2, 0) is 4.74 Å². The van der Waals surface area contributed by atoms with Crippen molar-refractivity contribution in [1.82, 2.24) is 0 Å². The van der Waals surface area contributed by atoms with Crippen LogP contribution >= 0.6 is 15.9 Å². The van der Waals surface area contributed by atoms with E-state index >= 15 is 0 Å². The largest absolute Gasteiger partial charge is 0.496 e. The van der Waals surface area contributed by atoms with E-state index in [4.69, 9.17) is 18.9 Å². The first kappa shape index (κ1) is 17.1. The fourth-order valence-electron chi connectivity index (χ4n) is 1.98. The highest BCUT2D eigenvalue weighted by molar-refractivity contribution is 9.10. The maximum absolute atomic E-state index is 12.2. The van der Waals surface area contributed by atoms with E-state index in [-0.39, 0.29) is 18.8 Å². The van der Waals surface area contributed by atoms with Crippen LogP contribution in [0.3, 0.4) is 0 Å². The van der Waals surface area contributed by atoms with Crippen molar-refractivity contribution in [3.05, 3.63) is 52.5 Å². The van der Waals surface area contributed by atoms with Gasteiger partial charge in [-0.1, -0.05) is 28.1 Å². The van der Waals surface area contributed by atoms with Crippen molar-refractivity contribution < 1.29 is 23.7 Å². The molecule has 0 amide bonds. The lowest BCUT2D eigenvalue weighted by molar-refractivity contribution is 0.0443. The van der Waals surface area contributed by atoms with Crippen LogP contribution in [0.1, 0.15) is 10.4 Å². The van der Waals surface area contributed by atoms with Crippen molar-refractivity contribution in [3.8, 4) is 17.2 Å². The van der Waals surface area contributed by atoms with Gasteiger partial charge in [0, 0.05) is 4.47 Å². The fourth-order valence-corrected chi connectivity index (χ4v) is 2.35. The molecule has 6 heteroatoms. The average molecular weight is 381 g/mol. The van der Waals surface area contributed by atoms with Gasteiger partial charge < -0.3 is 18.9 Å². The summed E-state index contributed by atoms with van der Waals surface area (Å²) in [5.41, 5.74) is 0.264. The van der Waals surface area contributed by atoms with Crippen LogP contribution in [0.5, 0.6) is 17.2 Å². The van der Waals surface area contributed by atoms with Gasteiger partial charge in [0.1, 0.15) is 36.0 Å². The Labute approximate surface area is 143 Å². The Morgan fingerprint density at radius 3 is 2.26 bits per heavy atom. The zero-order valence-electron chi connectivity index (χ0n) is 12.9. The van der Waals surface area contributed by atoms with Crippen molar-refractivity contribution in [1.29, 1.82) is 0 Å². The molecule has 23 heavy (non-hydrogen) atoms. The molecule has 0 fully saturated rings. The van der Waals surface area contributed by atoms with Gasteiger partial charge in [-0.2, -0.15) is 0 Å². The number of benzene rings is 2. The maximum Gasteiger partial charge on any atom is 0.345 e. The predicted molar refractivity (Wildman–Crippen MR) is 89.5 cm³/mol. The van der Waals surface area contributed by atoms with Crippen molar-refractivity contribution >= 4 is 21.9 Å². The summed E-state index contributed by atoms with van der Waals surface area (Å²) < 4.78 is 22.0. The van der Waals surface area contributed by atoms with Crippen molar-refractivity contribution in [2.45, 2.75) is 0 Å². The zero-order chi connectivity index (χ0) is 16.7. The lowest BCUT2D eigenvalue weighted by Crippen LogP contribution is -2.14. The zero-order valence-corrected chi connectivity index (χ0v) is 14.5. The van der Waals surface area contributed by atoms with Crippen molar-refractivity contribution in [2.75, 3.05) is 27.4 Å². The van der Waals surface area contributed by atoms with Crippen molar-refractivity contribution in [2.24, 2.45) is 0 Å². The monoisotopic (exact) mass is 380 g/mol. The van der Waals surface area contributed by atoms with Crippen LogP contribution in [0.4, 0.5) is 0 Å². The van der Waals surface area contributed by atoms with E-state index in [0.717, 1.165) is 4.47 Å². The van der Waals surface area contributed by atoms with Crippen LogP contribution in [0, 0.1) is 0 Å². The van der Waals surface area contributed by atoms with Gasteiger partial charge in [-0.15, -0.1) is 0 Å². The second-order valence-corrected chi connectivity index (χ2v) is 5.39. The number of halogens is 1. The van der Waals surface area contributed by atoms with E-state index in [1.807, 2.05) is 24.3 Å². The Bertz CT molecular complexity index is 650. The quantitative estimate of drug-likeness (QED) is 0.541. The van der Waals surface area contributed by atoms with Crippen LogP contribution in [-0.4, -0.2) is 33.4 Å². The third-order valence-electron chi connectivity index (χ3n) is 3.01. The number of carbonyl (C=O) groups excluding carboxylic acids is 1. The molecule has 0 aliphatic carbocycles. The summed E-state index contributed by atoms with van der Waals surface area (Å²) in [6.45, 7) is 0.367. The van der Waals surface area contributed by atoms with Gasteiger partial charge in [0.2, 0.25) is 0 Å². The molecule has 0 aliphatic rings. The normalized spacial score (nSPS) is 10.0. The minimum Gasteiger partial charge on any atom is -0.496 e. The average Bonchev–Trinajstić information content (AvgIpc) is 2.57. The number of esters is 1. The molecule has 0 aromatic heterocycles. The fraction of sp³-hybridized carbons (Fsp3) is 0.235. The topological polar surface area (TPSA) is 54.0 Å². The molecule has 0 N–H and O–H groups in total. The van der Waals surface area contributed by atoms with Crippen LogP contribution in [0.25, 0.3) is 0 Å². The molecule has 0 bridgehead atoms. The van der Waals surface area contributed by atoms with Gasteiger partial charge in [-0.3, -0.25) is 0 Å². The second-order valence-electron chi connectivity index (χ2n) is 4.48. The van der Waals surface area contributed by atoms with E-state index in [9.17, 15) is 4.79 Å². The van der Waals surface area contributed by atoms with E-state index in [1.54, 1.807) is 18.2 Å². The molecule has 0 spiro atoms. The highest BCUT2D eigenvalue weighted by Crippen LogP contribution is 2.28. The molecule has 0 heterocycles. The Balaban J connectivity index is 1.92. The summed E-state index contributed by atoms with van der Waals surface area (Å²) >= 11 is 3.36. The van der Waals surface area contributed by atoms with Gasteiger partial charge >= 0.3 is 5.97 Å². The molecule has 2 aromatic rings. The number of carbonyl (C=O) groups is 1. The number of ether oxygens (including phenoxy) is 4. The third-order valence-corrected chi connectivity index (χ3v) is 3.51. The standard InChI is InChI=1S/C17H17BrO5/c1-20-14-7-4-8-15(21-2)16(14)17(19)23-10-9-22-13-6-3-5-12(18)11-13/h3-8,11H,9-10H2,1-2H3. The molecule has 2 aromatic carbocycles. The van der Waals surface area contributed by atoms with Gasteiger partial charge in [-0.05, 0) is 30.3 Å². The van der Waals surface area contributed by atoms with E-state index in [1.165, 1.54) is 14.2 Å². The first-order valence-corrected chi connectivity index (χ1v) is 7.71. The molecule has 5 nitrogen and oxygen atoms in total. The smallest absolute Gasteiger partial charge is 0.345 e. The number of hydrogen-bond donors (Lipinski definition) is 0. The maximum atomic E-state index is 12.2. The van der Waals surface area contributed by atoms with Gasteiger partial charge in [-0.25, -0.2) is 4.79 Å². The molecule has 0 unspecified atom stereocenters. The van der Waals surface area contributed by atoms with Crippen LogP contribution in [0.2, 0.25) is 0 Å². The molecule has 0 aliphatic heterocycles. The summed E-state index contributed by atoms with van der Waals surface area (Å²) in [7, 11) is 2.98. The number of rotatable bonds is 7. The van der Waals surface area contributed by atoms with Crippen LogP contribution < -0.4 is 14.2 Å². The Morgan fingerprint density at radius 2 is 1.65 bits per heavy atom. The summed E-state index contributed by atoms with van der Waals surface area (Å²) in [6, 6.07) is 12.5. The van der Waals surface area contributed by atoms with Gasteiger partial charge in [0.05, 0.1) is 14.2 Å². The lowest BCUT2D eigenvalue weighted by Gasteiger charge is -2.12. The van der Waals surface area contributed by atoms with Gasteiger partial charge in [0.15, 0.2) is 0 Å². The summed E-state index contributed by atoms with van der Waals surface area (Å²) in [6.07, 6.45) is 0. The third kappa shape index (κ3) is 4.63. The van der Waals surface area contributed by atoms with E-state index < -0.39 is 5.97 Å². The molecule has 122 valence electrons. The minimum absolute atomic E-state index is 0.118. The second kappa shape index (κ2) is 8.43. The summed E-state index contributed by atoms with van der Waals surface area (Å²) in [4.78, 5) is 12.2. The molecule has 2 rings (SSSR count). The Kier molecular flexibility index (Phi) is 6.29. The first-order valence-electron chi connectivity index (χ1n) is 6.92. The van der Waals surface area contributed by atoms with Crippen LogP contribution in [0.15, 0.2) is 46.9 Å². The van der Waals surface area contributed by atoms with Crippen molar-refractivity contribution in [3.63, 3.8) is 0 Å². The van der Waals surface area contributed by atoms with E-state index in [2.05, 4.69) is 15.9 Å². The highest BCUT2D eigenvalue weighted by atomic mass is 79.9. The first-order chi connectivity index (χ1) is 11.2. The summed E-state index contributed by atoms with van der Waals surface area (Å²) in [5.74, 6) is 0.993. The molecule has 0 saturated carbocycles. The van der Waals surface area contributed by atoms with E-state index in [0.29, 0.717) is 17.2 Å². The molecular weight excluding hydrogens is 364 g/mol. The molecule has 0 atom stereocenters. The Morgan fingerprint density at radius 1 is 1.00 bits per heavy atom. The van der Waals surface area contributed by atoms with Gasteiger partial charge in [0.25, 0.3) is 0 Å². The summed E-state index contributed by atoms with van der Waals surface area (Å²) in [5, 5.41) is 0. The number of methoxy groups -OCH3 is 2. The lowest BCUT2D eigenvalue weighted by atomic mass is 10.2. The predicted octanol–water partition coefficient (Wildman–Crippen LogP) is 3.70. The SMILES string of the molecule is COc1cccc(OC)c1C(=O)OCCOc1cccc(Br)c1. The Hall–Kier alpha value is -2.21. The molecule has 0 saturated heterocycles. The molecule has 0 radical (unpaired) electrons. The minimum atomic E-state index is -0.517.